The van der Waals surface area contributed by atoms with E-state index in [-0.39, 0.29) is 24.5 Å². The van der Waals surface area contributed by atoms with Gasteiger partial charge in [-0.1, -0.05) is 48.5 Å². The second kappa shape index (κ2) is 8.79. The highest BCUT2D eigenvalue weighted by molar-refractivity contribution is 6.03. The summed E-state index contributed by atoms with van der Waals surface area (Å²) in [7, 11) is 0. The van der Waals surface area contributed by atoms with Crippen molar-refractivity contribution < 1.29 is 19.1 Å². The topological polar surface area (TPSA) is 79.0 Å². The number of benzene rings is 2. The first-order chi connectivity index (χ1) is 15.0. The molecule has 2 aromatic carbocycles. The van der Waals surface area contributed by atoms with Gasteiger partial charge in [0.05, 0.1) is 5.54 Å². The highest BCUT2D eigenvalue weighted by atomic mass is 16.6. The Morgan fingerprint density at radius 1 is 1.10 bits per heavy atom. The molecule has 2 heterocycles. The van der Waals surface area contributed by atoms with Gasteiger partial charge in [0.15, 0.2) is 0 Å². The highest BCUT2D eigenvalue weighted by Crippen LogP contribution is 2.28. The summed E-state index contributed by atoms with van der Waals surface area (Å²) < 4.78 is 5.42. The average Bonchev–Trinajstić information content (AvgIpc) is 3.36. The standard InChI is InChI=1S/C24H27N3O4/c1-24(14-15-26(17-24)23(30)31-16-18-8-4-2-5-9-18)25-22(29)20-12-13-21(28)27(20)19-10-6-3-7-11-19/h2-11,20H,12-17H2,1H3,(H,25,29). The summed E-state index contributed by atoms with van der Waals surface area (Å²) in [5, 5.41) is 3.09. The lowest BCUT2D eigenvalue weighted by molar-refractivity contribution is -0.125. The maximum Gasteiger partial charge on any atom is 0.410 e. The number of anilines is 1. The molecule has 162 valence electrons. The van der Waals surface area contributed by atoms with Crippen LogP contribution in [0.1, 0.15) is 31.7 Å². The van der Waals surface area contributed by atoms with Gasteiger partial charge in [-0.05, 0) is 37.5 Å². The molecule has 2 atom stereocenters. The molecule has 2 aliphatic rings. The number of amides is 3. The number of hydrogen-bond donors (Lipinski definition) is 1. The summed E-state index contributed by atoms with van der Waals surface area (Å²) in [6.45, 7) is 3.03. The summed E-state index contributed by atoms with van der Waals surface area (Å²) >= 11 is 0. The van der Waals surface area contributed by atoms with Crippen molar-refractivity contribution in [3.63, 3.8) is 0 Å². The van der Waals surface area contributed by atoms with Gasteiger partial charge in [0.25, 0.3) is 0 Å². The lowest BCUT2D eigenvalue weighted by atomic mass is 10.0. The van der Waals surface area contributed by atoms with Crippen LogP contribution in [-0.4, -0.2) is 47.5 Å². The Kier molecular flexibility index (Phi) is 5.93. The lowest BCUT2D eigenvalue weighted by Crippen LogP contribution is -2.54. The number of carbonyl (C=O) groups excluding carboxylic acids is 3. The van der Waals surface area contributed by atoms with Crippen molar-refractivity contribution in [3.8, 4) is 0 Å². The Bertz CT molecular complexity index is 950. The zero-order valence-corrected chi connectivity index (χ0v) is 17.6. The molecule has 7 heteroatoms. The Morgan fingerprint density at radius 3 is 2.48 bits per heavy atom. The minimum Gasteiger partial charge on any atom is -0.445 e. The molecule has 0 bridgehead atoms. The predicted octanol–water partition coefficient (Wildman–Crippen LogP) is 3.10. The van der Waals surface area contributed by atoms with Crippen LogP contribution < -0.4 is 10.2 Å². The van der Waals surface area contributed by atoms with Gasteiger partial charge in [-0.25, -0.2) is 4.79 Å². The molecule has 4 rings (SSSR count). The lowest BCUT2D eigenvalue weighted by Gasteiger charge is -2.30. The Balaban J connectivity index is 1.35. The molecule has 2 aromatic rings. The van der Waals surface area contributed by atoms with E-state index in [0.29, 0.717) is 32.4 Å². The maximum absolute atomic E-state index is 13.1. The van der Waals surface area contributed by atoms with Crippen molar-refractivity contribution in [2.75, 3.05) is 18.0 Å². The third-order valence-corrected chi connectivity index (χ3v) is 5.91. The van der Waals surface area contributed by atoms with E-state index < -0.39 is 11.6 Å². The van der Waals surface area contributed by atoms with Crippen molar-refractivity contribution in [2.45, 2.75) is 44.4 Å². The van der Waals surface area contributed by atoms with Crippen LogP contribution in [0.25, 0.3) is 0 Å². The molecule has 0 radical (unpaired) electrons. The van der Waals surface area contributed by atoms with Crippen molar-refractivity contribution in [2.24, 2.45) is 0 Å². The zero-order valence-electron chi connectivity index (χ0n) is 17.6. The predicted molar refractivity (Wildman–Crippen MR) is 116 cm³/mol. The quantitative estimate of drug-likeness (QED) is 0.805. The van der Waals surface area contributed by atoms with Gasteiger partial charge in [0.2, 0.25) is 11.8 Å². The fourth-order valence-corrected chi connectivity index (χ4v) is 4.25. The smallest absolute Gasteiger partial charge is 0.410 e. The molecule has 31 heavy (non-hydrogen) atoms. The number of carbonyl (C=O) groups is 3. The van der Waals surface area contributed by atoms with Gasteiger partial charge in [0.1, 0.15) is 12.6 Å². The van der Waals surface area contributed by atoms with Gasteiger partial charge < -0.3 is 15.0 Å². The third kappa shape index (κ3) is 4.71. The van der Waals surface area contributed by atoms with Crippen molar-refractivity contribution in [1.82, 2.24) is 10.2 Å². The molecule has 2 fully saturated rings. The van der Waals surface area contributed by atoms with Gasteiger partial charge in [-0.3, -0.25) is 14.5 Å². The second-order valence-electron chi connectivity index (χ2n) is 8.42. The van der Waals surface area contributed by atoms with Crippen LogP contribution in [0.4, 0.5) is 10.5 Å². The van der Waals surface area contributed by atoms with Crippen LogP contribution in [0.5, 0.6) is 0 Å². The van der Waals surface area contributed by atoms with Gasteiger partial charge in [0, 0.05) is 25.2 Å². The monoisotopic (exact) mass is 421 g/mol. The number of nitrogens with zero attached hydrogens (tertiary/aromatic N) is 2. The van der Waals surface area contributed by atoms with E-state index in [1.54, 1.807) is 9.80 Å². The number of ether oxygens (including phenoxy) is 1. The van der Waals surface area contributed by atoms with Crippen molar-refractivity contribution in [1.29, 1.82) is 0 Å². The van der Waals surface area contributed by atoms with E-state index in [1.165, 1.54) is 0 Å². The number of nitrogens with one attached hydrogen (secondary N) is 1. The van der Waals surface area contributed by atoms with Crippen LogP contribution >= 0.6 is 0 Å². The van der Waals surface area contributed by atoms with E-state index in [0.717, 1.165) is 11.3 Å². The minimum atomic E-state index is -0.559. The second-order valence-corrected chi connectivity index (χ2v) is 8.42. The van der Waals surface area contributed by atoms with Crippen LogP contribution in [0, 0.1) is 0 Å². The Labute approximate surface area is 182 Å². The molecule has 2 aliphatic heterocycles. The molecular weight excluding hydrogens is 394 g/mol. The van der Waals surface area contributed by atoms with E-state index in [1.807, 2.05) is 67.6 Å². The highest BCUT2D eigenvalue weighted by Gasteiger charge is 2.42. The fourth-order valence-electron chi connectivity index (χ4n) is 4.25. The van der Waals surface area contributed by atoms with E-state index in [2.05, 4.69) is 5.32 Å². The summed E-state index contributed by atoms with van der Waals surface area (Å²) in [5.41, 5.74) is 1.10. The van der Waals surface area contributed by atoms with Gasteiger partial charge >= 0.3 is 6.09 Å². The normalized spacial score (nSPS) is 23.1. The Hall–Kier alpha value is -3.35. The summed E-state index contributed by atoms with van der Waals surface area (Å²) in [5.74, 6) is -0.231. The Morgan fingerprint density at radius 2 is 1.77 bits per heavy atom. The minimum absolute atomic E-state index is 0.0472. The van der Waals surface area contributed by atoms with Crippen molar-refractivity contribution >= 4 is 23.6 Å². The molecule has 7 nitrogen and oxygen atoms in total. The van der Waals surface area contributed by atoms with E-state index in [4.69, 9.17) is 4.74 Å². The van der Waals surface area contributed by atoms with Crippen LogP contribution in [0.2, 0.25) is 0 Å². The summed E-state index contributed by atoms with van der Waals surface area (Å²) in [6.07, 6.45) is 1.08. The fraction of sp³-hybridized carbons (Fsp3) is 0.375. The molecule has 2 saturated heterocycles. The number of para-hydroxylation sites is 1. The van der Waals surface area contributed by atoms with Crippen LogP contribution in [-0.2, 0) is 20.9 Å². The first kappa shape index (κ1) is 20.9. The van der Waals surface area contributed by atoms with Crippen molar-refractivity contribution in [3.05, 3.63) is 66.2 Å². The van der Waals surface area contributed by atoms with Crippen LogP contribution in [0.3, 0.4) is 0 Å². The largest absolute Gasteiger partial charge is 0.445 e. The molecular formula is C24H27N3O4. The molecule has 3 amide bonds. The molecule has 0 spiro atoms. The molecule has 0 aromatic heterocycles. The zero-order chi connectivity index (χ0) is 21.8. The van der Waals surface area contributed by atoms with Crippen LogP contribution in [0.15, 0.2) is 60.7 Å². The van der Waals surface area contributed by atoms with E-state index >= 15 is 0 Å². The summed E-state index contributed by atoms with van der Waals surface area (Å²) in [6, 6.07) is 18.3. The molecule has 0 aliphatic carbocycles. The molecule has 1 N–H and O–H groups in total. The SMILES string of the molecule is CC1(NC(=O)C2CCC(=O)N2c2ccccc2)CCN(C(=O)OCc2ccccc2)C1. The first-order valence-corrected chi connectivity index (χ1v) is 10.6. The van der Waals surface area contributed by atoms with Gasteiger partial charge in [-0.15, -0.1) is 0 Å². The number of likely N-dealkylation sites (tertiary alicyclic amines) is 1. The molecule has 0 saturated carbocycles. The van der Waals surface area contributed by atoms with Gasteiger partial charge in [-0.2, -0.15) is 0 Å². The third-order valence-electron chi connectivity index (χ3n) is 5.91. The number of rotatable bonds is 5. The average molecular weight is 421 g/mol. The molecule has 2 unspecified atom stereocenters. The maximum atomic E-state index is 13.1. The van der Waals surface area contributed by atoms with E-state index in [9.17, 15) is 14.4 Å². The number of hydrogen-bond acceptors (Lipinski definition) is 4. The summed E-state index contributed by atoms with van der Waals surface area (Å²) in [4.78, 5) is 41.2. The first-order valence-electron chi connectivity index (χ1n) is 10.6.